The Morgan fingerprint density at radius 1 is 1.29 bits per heavy atom. The van der Waals surface area contributed by atoms with Crippen molar-refractivity contribution < 1.29 is 0 Å². The average Bonchev–Trinajstić information content (AvgIpc) is 2.63. The van der Waals surface area contributed by atoms with Gasteiger partial charge in [0, 0.05) is 30.8 Å². The topological polar surface area (TPSA) is 30.7 Å². The first-order valence-electron chi connectivity index (χ1n) is 4.73. The van der Waals surface area contributed by atoms with Gasteiger partial charge >= 0.3 is 0 Å². The molecule has 2 aromatic rings. The maximum Gasteiger partial charge on any atom is 0.0492 e. The highest BCUT2D eigenvalue weighted by Crippen LogP contribution is 2.01. The van der Waals surface area contributed by atoms with E-state index in [-0.39, 0.29) is 0 Å². The van der Waals surface area contributed by atoms with Gasteiger partial charge in [-0.3, -0.25) is 9.67 Å². The van der Waals surface area contributed by atoms with Gasteiger partial charge in [0.1, 0.15) is 0 Å². The summed E-state index contributed by atoms with van der Waals surface area (Å²) in [6.07, 6.45) is 6.51. The number of aromatic nitrogens is 3. The van der Waals surface area contributed by atoms with Crippen molar-refractivity contribution in [1.82, 2.24) is 14.8 Å². The number of rotatable bonds is 3. The molecule has 0 aliphatic rings. The van der Waals surface area contributed by atoms with Gasteiger partial charge in [-0.1, -0.05) is 6.07 Å². The third-order valence-corrected chi connectivity index (χ3v) is 2.26. The number of nitrogens with zero attached hydrogens (tertiary/aromatic N) is 3. The van der Waals surface area contributed by atoms with E-state index in [0.29, 0.717) is 0 Å². The monoisotopic (exact) mass is 187 g/mol. The lowest BCUT2D eigenvalue weighted by Gasteiger charge is -2.03. The van der Waals surface area contributed by atoms with Gasteiger partial charge in [-0.2, -0.15) is 5.10 Å². The zero-order valence-electron chi connectivity index (χ0n) is 8.22. The number of pyridine rings is 1. The molecular weight excluding hydrogens is 174 g/mol. The van der Waals surface area contributed by atoms with Crippen LogP contribution in [0.2, 0.25) is 0 Å². The van der Waals surface area contributed by atoms with Crippen molar-refractivity contribution in [3.05, 3.63) is 48.0 Å². The molecule has 0 unspecified atom stereocenters. The molecular formula is C11H13N3. The first-order valence-corrected chi connectivity index (χ1v) is 4.73. The van der Waals surface area contributed by atoms with E-state index >= 15 is 0 Å². The van der Waals surface area contributed by atoms with E-state index in [9.17, 15) is 0 Å². The zero-order valence-corrected chi connectivity index (χ0v) is 8.22. The molecule has 0 N–H and O–H groups in total. The Hall–Kier alpha value is -1.64. The van der Waals surface area contributed by atoms with E-state index in [1.54, 1.807) is 6.20 Å². The summed E-state index contributed by atoms with van der Waals surface area (Å²) in [5.74, 6) is 0. The van der Waals surface area contributed by atoms with Crippen molar-refractivity contribution in [3.8, 4) is 0 Å². The highest BCUT2D eigenvalue weighted by molar-refractivity contribution is 5.08. The average molecular weight is 187 g/mol. The van der Waals surface area contributed by atoms with Gasteiger partial charge in [0.2, 0.25) is 0 Å². The van der Waals surface area contributed by atoms with Crippen molar-refractivity contribution in [1.29, 1.82) is 0 Å². The van der Waals surface area contributed by atoms with Gasteiger partial charge in [0.15, 0.2) is 0 Å². The number of hydrogen-bond donors (Lipinski definition) is 0. The largest absolute Gasteiger partial charge is 0.270 e. The third-order valence-electron chi connectivity index (χ3n) is 2.26. The van der Waals surface area contributed by atoms with Crippen LogP contribution in [0.5, 0.6) is 0 Å². The normalized spacial score (nSPS) is 10.4. The minimum absolute atomic E-state index is 0.921. The Morgan fingerprint density at radius 2 is 2.21 bits per heavy atom. The van der Waals surface area contributed by atoms with E-state index < -0.39 is 0 Å². The lowest BCUT2D eigenvalue weighted by molar-refractivity contribution is 0.597. The molecule has 0 aliphatic heterocycles. The molecule has 0 atom stereocenters. The second-order valence-electron chi connectivity index (χ2n) is 3.31. The fraction of sp³-hybridized carbons (Fsp3) is 0.273. The van der Waals surface area contributed by atoms with Crippen LogP contribution >= 0.6 is 0 Å². The molecule has 0 fully saturated rings. The van der Waals surface area contributed by atoms with Gasteiger partial charge in [0.05, 0.1) is 0 Å². The van der Waals surface area contributed by atoms with Gasteiger partial charge in [-0.15, -0.1) is 0 Å². The quantitative estimate of drug-likeness (QED) is 0.734. The molecule has 2 heterocycles. The number of aryl methyl sites for hydroxylation is 3. The third kappa shape index (κ3) is 1.99. The molecule has 2 aromatic heterocycles. The molecule has 3 heteroatoms. The summed E-state index contributed by atoms with van der Waals surface area (Å²) >= 11 is 0. The van der Waals surface area contributed by atoms with Crippen LogP contribution in [0.4, 0.5) is 0 Å². The van der Waals surface area contributed by atoms with E-state index in [1.807, 2.05) is 29.2 Å². The predicted molar refractivity (Wildman–Crippen MR) is 54.9 cm³/mol. The Balaban J connectivity index is 1.99. The summed E-state index contributed by atoms with van der Waals surface area (Å²) in [4.78, 5) is 4.08. The lowest BCUT2D eigenvalue weighted by atomic mass is 10.2. The number of hydrogen-bond acceptors (Lipinski definition) is 2. The van der Waals surface area contributed by atoms with Crippen LogP contribution in [0.3, 0.4) is 0 Å². The minimum Gasteiger partial charge on any atom is -0.270 e. The van der Waals surface area contributed by atoms with Crippen LogP contribution in [0, 0.1) is 6.92 Å². The molecule has 0 saturated heterocycles. The summed E-state index contributed by atoms with van der Waals surface area (Å²) in [6.45, 7) is 2.99. The van der Waals surface area contributed by atoms with E-state index in [4.69, 9.17) is 0 Å². The predicted octanol–water partition coefficient (Wildman–Crippen LogP) is 1.83. The Labute approximate surface area is 83.4 Å². The van der Waals surface area contributed by atoms with Crippen LogP contribution in [0.1, 0.15) is 11.3 Å². The lowest BCUT2D eigenvalue weighted by Crippen LogP contribution is -2.04. The first-order chi connectivity index (χ1) is 6.86. The Morgan fingerprint density at radius 3 is 2.86 bits per heavy atom. The molecule has 0 aliphatic carbocycles. The molecule has 2 rings (SSSR count). The van der Waals surface area contributed by atoms with Crippen molar-refractivity contribution >= 4 is 0 Å². The summed E-state index contributed by atoms with van der Waals surface area (Å²) < 4.78 is 2.01. The van der Waals surface area contributed by atoms with Gasteiger partial charge < -0.3 is 0 Å². The van der Waals surface area contributed by atoms with E-state index in [2.05, 4.69) is 23.1 Å². The fourth-order valence-electron chi connectivity index (χ4n) is 1.41. The summed E-state index contributed by atoms with van der Waals surface area (Å²) in [5.41, 5.74) is 2.45. The summed E-state index contributed by atoms with van der Waals surface area (Å²) in [6, 6.07) is 6.07. The van der Waals surface area contributed by atoms with Crippen molar-refractivity contribution in [2.75, 3.05) is 0 Å². The molecule has 14 heavy (non-hydrogen) atoms. The molecule has 72 valence electrons. The SMILES string of the molecule is Cc1ccnn1CCc1cccnc1. The van der Waals surface area contributed by atoms with Crippen molar-refractivity contribution in [3.63, 3.8) is 0 Å². The molecule has 0 spiro atoms. The van der Waals surface area contributed by atoms with Gasteiger partial charge in [-0.25, -0.2) is 0 Å². The Kier molecular flexibility index (Phi) is 2.58. The van der Waals surface area contributed by atoms with Crippen LogP contribution in [0.25, 0.3) is 0 Å². The molecule has 0 radical (unpaired) electrons. The minimum atomic E-state index is 0.921. The van der Waals surface area contributed by atoms with E-state index in [1.165, 1.54) is 11.3 Å². The Bertz CT molecular complexity index is 392. The standard InChI is InChI=1S/C11H13N3/c1-10-4-7-13-14(10)8-5-11-3-2-6-12-9-11/h2-4,6-7,9H,5,8H2,1H3. The molecule has 0 amide bonds. The van der Waals surface area contributed by atoms with Gasteiger partial charge in [-0.05, 0) is 31.0 Å². The molecule has 0 saturated carbocycles. The first kappa shape index (κ1) is 8.94. The molecule has 3 nitrogen and oxygen atoms in total. The van der Waals surface area contributed by atoms with E-state index in [0.717, 1.165) is 13.0 Å². The summed E-state index contributed by atoms with van der Waals surface area (Å²) in [7, 11) is 0. The van der Waals surface area contributed by atoms with Crippen molar-refractivity contribution in [2.24, 2.45) is 0 Å². The van der Waals surface area contributed by atoms with Gasteiger partial charge in [0.25, 0.3) is 0 Å². The second kappa shape index (κ2) is 4.05. The second-order valence-corrected chi connectivity index (χ2v) is 3.31. The molecule has 0 aromatic carbocycles. The maximum atomic E-state index is 4.23. The van der Waals surface area contributed by atoms with Crippen LogP contribution in [-0.4, -0.2) is 14.8 Å². The molecule has 0 bridgehead atoms. The van der Waals surface area contributed by atoms with Crippen molar-refractivity contribution in [2.45, 2.75) is 19.9 Å². The smallest absolute Gasteiger partial charge is 0.0492 e. The highest BCUT2D eigenvalue weighted by atomic mass is 15.3. The highest BCUT2D eigenvalue weighted by Gasteiger charge is 1.97. The van der Waals surface area contributed by atoms with Crippen LogP contribution in [0.15, 0.2) is 36.8 Å². The maximum absolute atomic E-state index is 4.23. The van der Waals surface area contributed by atoms with Crippen LogP contribution in [-0.2, 0) is 13.0 Å². The van der Waals surface area contributed by atoms with Crippen LogP contribution < -0.4 is 0 Å². The fourth-order valence-corrected chi connectivity index (χ4v) is 1.41. The zero-order chi connectivity index (χ0) is 9.80. The summed E-state index contributed by atoms with van der Waals surface area (Å²) in [5, 5.41) is 4.23.